The van der Waals surface area contributed by atoms with E-state index in [-0.39, 0.29) is 17.7 Å². The molecule has 1 saturated heterocycles. The Morgan fingerprint density at radius 3 is 2.36 bits per heavy atom. The molecule has 0 spiro atoms. The van der Waals surface area contributed by atoms with Crippen molar-refractivity contribution in [2.45, 2.75) is 20.0 Å². The van der Waals surface area contributed by atoms with Crippen LogP contribution in [0, 0.1) is 6.92 Å². The molecule has 2 amide bonds. The first-order valence-corrected chi connectivity index (χ1v) is 11.8. The van der Waals surface area contributed by atoms with E-state index in [2.05, 4.69) is 4.57 Å². The summed E-state index contributed by atoms with van der Waals surface area (Å²) in [6.45, 7) is 2.88. The molecule has 4 aromatic rings. The van der Waals surface area contributed by atoms with Crippen molar-refractivity contribution in [2.75, 3.05) is 0 Å². The van der Waals surface area contributed by atoms with E-state index in [1.165, 1.54) is 4.90 Å². The van der Waals surface area contributed by atoms with Crippen LogP contribution in [0.1, 0.15) is 22.3 Å². The van der Waals surface area contributed by atoms with Gasteiger partial charge in [0.25, 0.3) is 11.1 Å². The quantitative estimate of drug-likeness (QED) is 0.297. The van der Waals surface area contributed by atoms with Gasteiger partial charge in [0.05, 0.1) is 11.4 Å². The predicted molar refractivity (Wildman–Crippen MR) is 135 cm³/mol. The zero-order valence-electron chi connectivity index (χ0n) is 18.0. The number of benzene rings is 3. The smallest absolute Gasteiger partial charge is 0.293 e. The number of amides is 2. The Hall–Kier alpha value is -3.28. The summed E-state index contributed by atoms with van der Waals surface area (Å²) in [5.74, 6) is -0.254. The van der Waals surface area contributed by atoms with Crippen molar-refractivity contribution in [1.82, 2.24) is 9.47 Å². The normalized spacial score (nSPS) is 15.2. The molecule has 0 unspecified atom stereocenters. The minimum atomic E-state index is -0.254. The van der Waals surface area contributed by atoms with E-state index in [0.29, 0.717) is 16.5 Å². The van der Waals surface area contributed by atoms with Gasteiger partial charge in [0.15, 0.2) is 0 Å². The molecule has 3 aromatic carbocycles. The maximum Gasteiger partial charge on any atom is 0.293 e. The summed E-state index contributed by atoms with van der Waals surface area (Å²) in [7, 11) is 0. The molecule has 1 fully saturated rings. The molecule has 0 aliphatic carbocycles. The van der Waals surface area contributed by atoms with E-state index < -0.39 is 0 Å². The number of nitrogens with zero attached hydrogens (tertiary/aromatic N) is 2. The van der Waals surface area contributed by atoms with E-state index in [0.717, 1.165) is 44.9 Å². The average Bonchev–Trinajstić information content (AvgIpc) is 3.29. The lowest BCUT2D eigenvalue weighted by atomic mass is 10.1. The monoisotopic (exact) mass is 472 g/mol. The summed E-state index contributed by atoms with van der Waals surface area (Å²) in [5.41, 5.74) is 4.99. The van der Waals surface area contributed by atoms with Gasteiger partial charge in [-0.05, 0) is 53.6 Å². The van der Waals surface area contributed by atoms with Gasteiger partial charge in [-0.3, -0.25) is 14.5 Å². The lowest BCUT2D eigenvalue weighted by Crippen LogP contribution is -2.27. The van der Waals surface area contributed by atoms with E-state index in [9.17, 15) is 9.59 Å². The van der Waals surface area contributed by atoms with Crippen molar-refractivity contribution < 1.29 is 9.59 Å². The first-order chi connectivity index (χ1) is 16.0. The summed E-state index contributed by atoms with van der Waals surface area (Å²) in [5, 5.41) is 1.50. The largest absolute Gasteiger partial charge is 0.342 e. The number of hydrogen-bond acceptors (Lipinski definition) is 3. The van der Waals surface area contributed by atoms with Gasteiger partial charge in [0.2, 0.25) is 0 Å². The van der Waals surface area contributed by atoms with Gasteiger partial charge in [-0.2, -0.15) is 0 Å². The third kappa shape index (κ3) is 4.22. The molecule has 1 aromatic heterocycles. The van der Waals surface area contributed by atoms with E-state index >= 15 is 0 Å². The molecule has 2 heterocycles. The molecule has 0 bridgehead atoms. The van der Waals surface area contributed by atoms with Crippen LogP contribution in [-0.2, 0) is 17.9 Å². The Labute approximate surface area is 201 Å². The molecule has 6 heteroatoms. The average molecular weight is 473 g/mol. The highest BCUT2D eigenvalue weighted by Crippen LogP contribution is 2.35. The standard InChI is InChI=1S/C27H21ClN2O2S/c1-18-8-2-3-9-19(18)17-30-26(31)25(33-27(30)32)14-21-16-29(24-13-7-5-11-22(21)24)15-20-10-4-6-12-23(20)28/h2-14,16H,15,17H2,1H3/b25-14-. The number of hydrogen-bond donors (Lipinski definition) is 0. The highest BCUT2D eigenvalue weighted by atomic mass is 35.5. The molecule has 0 atom stereocenters. The van der Waals surface area contributed by atoms with Gasteiger partial charge in [0, 0.05) is 34.2 Å². The van der Waals surface area contributed by atoms with Crippen molar-refractivity contribution in [3.63, 3.8) is 0 Å². The zero-order valence-corrected chi connectivity index (χ0v) is 19.6. The third-order valence-electron chi connectivity index (χ3n) is 5.87. The van der Waals surface area contributed by atoms with Gasteiger partial charge in [-0.1, -0.05) is 72.3 Å². The molecule has 1 aliphatic rings. The van der Waals surface area contributed by atoms with Crippen LogP contribution < -0.4 is 0 Å². The lowest BCUT2D eigenvalue weighted by molar-refractivity contribution is -0.123. The van der Waals surface area contributed by atoms with E-state index in [1.807, 2.05) is 92.0 Å². The molecule has 4 nitrogen and oxygen atoms in total. The molecule has 1 aliphatic heterocycles. The minimum absolute atomic E-state index is 0.241. The molecule has 0 radical (unpaired) electrons. The third-order valence-corrected chi connectivity index (χ3v) is 7.14. The number of para-hydroxylation sites is 1. The summed E-state index contributed by atoms with van der Waals surface area (Å²) in [6.07, 6.45) is 3.84. The number of rotatable bonds is 5. The molecule has 33 heavy (non-hydrogen) atoms. The van der Waals surface area contributed by atoms with Gasteiger partial charge in [0.1, 0.15) is 0 Å². The van der Waals surface area contributed by atoms with Gasteiger partial charge in [-0.25, -0.2) is 0 Å². The van der Waals surface area contributed by atoms with Crippen LogP contribution in [0.15, 0.2) is 83.9 Å². The second-order valence-corrected chi connectivity index (χ2v) is 9.42. The van der Waals surface area contributed by atoms with Crippen molar-refractivity contribution in [2.24, 2.45) is 0 Å². The second kappa shape index (κ2) is 8.93. The number of aryl methyl sites for hydroxylation is 1. The molecule has 164 valence electrons. The highest BCUT2D eigenvalue weighted by Gasteiger charge is 2.35. The van der Waals surface area contributed by atoms with Crippen molar-refractivity contribution in [3.05, 3.63) is 111 Å². The van der Waals surface area contributed by atoms with Crippen molar-refractivity contribution >= 4 is 51.5 Å². The number of fused-ring (bicyclic) bond motifs is 1. The Balaban J connectivity index is 1.48. The fourth-order valence-corrected chi connectivity index (χ4v) is 5.09. The van der Waals surface area contributed by atoms with Crippen LogP contribution >= 0.6 is 23.4 Å². The fraction of sp³-hybridized carbons (Fsp3) is 0.111. The maximum atomic E-state index is 13.1. The number of carbonyl (C=O) groups excluding carboxylic acids is 2. The van der Waals surface area contributed by atoms with E-state index in [1.54, 1.807) is 0 Å². The topological polar surface area (TPSA) is 42.3 Å². The number of halogens is 1. The Morgan fingerprint density at radius 2 is 1.58 bits per heavy atom. The molecule has 0 N–H and O–H groups in total. The van der Waals surface area contributed by atoms with Gasteiger partial charge in [-0.15, -0.1) is 0 Å². The highest BCUT2D eigenvalue weighted by molar-refractivity contribution is 8.18. The first-order valence-electron chi connectivity index (χ1n) is 10.6. The van der Waals surface area contributed by atoms with Crippen LogP contribution in [0.2, 0.25) is 5.02 Å². The summed E-state index contributed by atoms with van der Waals surface area (Å²) >= 11 is 7.38. The second-order valence-electron chi connectivity index (χ2n) is 8.02. The Bertz CT molecular complexity index is 1420. The fourth-order valence-electron chi connectivity index (χ4n) is 4.07. The summed E-state index contributed by atoms with van der Waals surface area (Å²) in [6, 6.07) is 23.6. The van der Waals surface area contributed by atoms with Gasteiger partial charge >= 0.3 is 0 Å². The number of thioether (sulfide) groups is 1. The van der Waals surface area contributed by atoms with Crippen molar-refractivity contribution in [1.29, 1.82) is 0 Å². The Morgan fingerprint density at radius 1 is 0.879 bits per heavy atom. The first kappa shape index (κ1) is 21.6. The molecular formula is C27H21ClN2O2S. The SMILES string of the molecule is Cc1ccccc1CN1C(=O)S/C(=C\c2cn(Cc3ccccc3Cl)c3ccccc23)C1=O. The van der Waals surface area contributed by atoms with Crippen LogP contribution in [0.4, 0.5) is 4.79 Å². The molecule has 0 saturated carbocycles. The molecular weight excluding hydrogens is 452 g/mol. The van der Waals surface area contributed by atoms with Crippen molar-refractivity contribution in [3.8, 4) is 0 Å². The predicted octanol–water partition coefficient (Wildman–Crippen LogP) is 6.89. The number of imide groups is 1. The number of carbonyl (C=O) groups is 2. The molecule has 5 rings (SSSR count). The van der Waals surface area contributed by atoms with Crippen LogP contribution in [0.3, 0.4) is 0 Å². The van der Waals surface area contributed by atoms with E-state index in [4.69, 9.17) is 11.6 Å². The minimum Gasteiger partial charge on any atom is -0.342 e. The van der Waals surface area contributed by atoms with Crippen LogP contribution in [0.25, 0.3) is 17.0 Å². The maximum absolute atomic E-state index is 13.1. The zero-order chi connectivity index (χ0) is 22.9. The van der Waals surface area contributed by atoms with Gasteiger partial charge < -0.3 is 4.57 Å². The van der Waals surface area contributed by atoms with Crippen LogP contribution in [-0.4, -0.2) is 20.6 Å². The Kier molecular flexibility index (Phi) is 5.83. The summed E-state index contributed by atoms with van der Waals surface area (Å²) < 4.78 is 2.12. The number of aromatic nitrogens is 1. The van der Waals surface area contributed by atoms with Crippen LogP contribution in [0.5, 0.6) is 0 Å². The lowest BCUT2D eigenvalue weighted by Gasteiger charge is -2.14. The summed E-state index contributed by atoms with van der Waals surface area (Å²) in [4.78, 5) is 27.5.